The van der Waals surface area contributed by atoms with Crippen LogP contribution in [0.25, 0.3) is 10.9 Å². The summed E-state index contributed by atoms with van der Waals surface area (Å²) in [4.78, 5) is 15.2. The normalized spacial score (nSPS) is 16.2. The summed E-state index contributed by atoms with van der Waals surface area (Å²) >= 11 is 1.94. The maximum Gasteiger partial charge on any atom is 0.251 e. The first-order valence-corrected chi connectivity index (χ1v) is 8.42. The van der Waals surface area contributed by atoms with Crippen molar-refractivity contribution in [3.8, 4) is 0 Å². The molecule has 0 unspecified atom stereocenters. The van der Waals surface area contributed by atoms with E-state index in [1.54, 1.807) is 0 Å². The fourth-order valence-electron chi connectivity index (χ4n) is 2.53. The molecule has 0 saturated carbocycles. The van der Waals surface area contributed by atoms with E-state index in [4.69, 9.17) is 4.74 Å². The van der Waals surface area contributed by atoms with Gasteiger partial charge >= 0.3 is 0 Å². The van der Waals surface area contributed by atoms with E-state index < -0.39 is 0 Å². The number of amides is 1. The average molecular weight is 304 g/mol. The molecule has 0 radical (unpaired) electrons. The lowest BCUT2D eigenvalue weighted by atomic mass is 10.1. The molecule has 0 bridgehead atoms. The van der Waals surface area contributed by atoms with Crippen molar-refractivity contribution in [1.82, 2.24) is 10.3 Å². The zero-order chi connectivity index (χ0) is 14.5. The van der Waals surface area contributed by atoms with E-state index >= 15 is 0 Å². The Balaban J connectivity index is 1.45. The van der Waals surface area contributed by atoms with Crippen molar-refractivity contribution in [2.45, 2.75) is 18.1 Å². The quantitative estimate of drug-likeness (QED) is 0.835. The van der Waals surface area contributed by atoms with Crippen LogP contribution in [0.3, 0.4) is 0 Å². The Hall–Kier alpha value is -1.46. The summed E-state index contributed by atoms with van der Waals surface area (Å²) in [5, 5.41) is 4.75. The first kappa shape index (κ1) is 14.5. The standard InChI is InChI=1S/C16H20N2O2S/c19-16(13-1-2-15-12(11-13)3-6-17-15)18-7-10-21-14-4-8-20-9-5-14/h1-3,6,11,14,17H,4-5,7-10H2,(H,18,19). The largest absolute Gasteiger partial charge is 0.381 e. The first-order valence-electron chi connectivity index (χ1n) is 7.37. The van der Waals surface area contributed by atoms with Gasteiger partial charge in [0.05, 0.1) is 0 Å². The highest BCUT2D eigenvalue weighted by molar-refractivity contribution is 7.99. The van der Waals surface area contributed by atoms with Gasteiger partial charge in [-0.1, -0.05) is 0 Å². The second-order valence-electron chi connectivity index (χ2n) is 5.22. The van der Waals surface area contributed by atoms with Crippen LogP contribution in [-0.4, -0.2) is 41.7 Å². The third kappa shape index (κ3) is 3.80. The molecule has 4 nitrogen and oxygen atoms in total. The minimum absolute atomic E-state index is 0.00526. The highest BCUT2D eigenvalue weighted by Gasteiger charge is 2.14. The summed E-state index contributed by atoms with van der Waals surface area (Å²) < 4.78 is 5.34. The second-order valence-corrected chi connectivity index (χ2v) is 6.63. The number of carbonyl (C=O) groups is 1. The van der Waals surface area contributed by atoms with Crippen molar-refractivity contribution in [2.75, 3.05) is 25.5 Å². The van der Waals surface area contributed by atoms with Gasteiger partial charge in [0.2, 0.25) is 0 Å². The molecule has 0 aliphatic carbocycles. The number of benzene rings is 1. The van der Waals surface area contributed by atoms with Crippen LogP contribution in [0.5, 0.6) is 0 Å². The van der Waals surface area contributed by atoms with Gasteiger partial charge in [-0.2, -0.15) is 11.8 Å². The van der Waals surface area contributed by atoms with E-state index in [1.165, 1.54) is 0 Å². The van der Waals surface area contributed by atoms with E-state index in [9.17, 15) is 4.79 Å². The van der Waals surface area contributed by atoms with Gasteiger partial charge in [0.25, 0.3) is 5.91 Å². The summed E-state index contributed by atoms with van der Waals surface area (Å²) in [5.74, 6) is 0.966. The molecule has 1 saturated heterocycles. The highest BCUT2D eigenvalue weighted by atomic mass is 32.2. The zero-order valence-corrected chi connectivity index (χ0v) is 12.7. The SMILES string of the molecule is O=C(NCCSC1CCOCC1)c1ccc2[nH]ccc2c1. The molecule has 1 aromatic heterocycles. The molecule has 5 heteroatoms. The smallest absolute Gasteiger partial charge is 0.251 e. The molecular weight excluding hydrogens is 284 g/mol. The number of fused-ring (bicyclic) bond motifs is 1. The van der Waals surface area contributed by atoms with Crippen molar-refractivity contribution in [1.29, 1.82) is 0 Å². The number of ether oxygens (including phenoxy) is 1. The third-order valence-corrected chi connectivity index (χ3v) is 5.11. The summed E-state index contributed by atoms with van der Waals surface area (Å²) in [7, 11) is 0. The molecule has 21 heavy (non-hydrogen) atoms. The highest BCUT2D eigenvalue weighted by Crippen LogP contribution is 2.21. The molecule has 3 rings (SSSR count). The fourth-order valence-corrected chi connectivity index (χ4v) is 3.61. The number of nitrogens with one attached hydrogen (secondary N) is 2. The van der Waals surface area contributed by atoms with E-state index in [1.807, 2.05) is 42.2 Å². The van der Waals surface area contributed by atoms with Crippen LogP contribution in [0.4, 0.5) is 0 Å². The lowest BCUT2D eigenvalue weighted by Crippen LogP contribution is -2.27. The Morgan fingerprint density at radius 3 is 3.05 bits per heavy atom. The lowest BCUT2D eigenvalue weighted by Gasteiger charge is -2.21. The maximum absolute atomic E-state index is 12.1. The molecule has 2 heterocycles. The van der Waals surface area contributed by atoms with Crippen LogP contribution in [0.15, 0.2) is 30.5 Å². The third-order valence-electron chi connectivity index (χ3n) is 3.72. The molecule has 1 fully saturated rings. The van der Waals surface area contributed by atoms with Crippen molar-refractivity contribution in [3.05, 3.63) is 36.0 Å². The van der Waals surface area contributed by atoms with Gasteiger partial charge in [-0.25, -0.2) is 0 Å². The number of carbonyl (C=O) groups excluding carboxylic acids is 1. The topological polar surface area (TPSA) is 54.1 Å². The van der Waals surface area contributed by atoms with E-state index in [0.717, 1.165) is 48.3 Å². The molecule has 1 aliphatic heterocycles. The molecule has 2 N–H and O–H groups in total. The van der Waals surface area contributed by atoms with Gasteiger partial charge in [0.15, 0.2) is 0 Å². The fraction of sp³-hybridized carbons (Fsp3) is 0.438. The van der Waals surface area contributed by atoms with Crippen molar-refractivity contribution in [3.63, 3.8) is 0 Å². The first-order chi connectivity index (χ1) is 10.3. The maximum atomic E-state index is 12.1. The molecule has 0 spiro atoms. The number of H-pyrrole nitrogens is 1. The van der Waals surface area contributed by atoms with Crippen molar-refractivity contribution >= 4 is 28.6 Å². The minimum atomic E-state index is 0.00526. The summed E-state index contributed by atoms with van der Waals surface area (Å²) in [6.07, 6.45) is 4.14. The van der Waals surface area contributed by atoms with Gasteiger partial charge in [-0.3, -0.25) is 4.79 Å². The minimum Gasteiger partial charge on any atom is -0.381 e. The molecule has 1 aliphatic rings. The van der Waals surface area contributed by atoms with Crippen LogP contribution in [0.1, 0.15) is 23.2 Å². The monoisotopic (exact) mass is 304 g/mol. The van der Waals surface area contributed by atoms with Gasteiger partial charge < -0.3 is 15.0 Å². The van der Waals surface area contributed by atoms with Crippen LogP contribution in [0.2, 0.25) is 0 Å². The van der Waals surface area contributed by atoms with Crippen LogP contribution >= 0.6 is 11.8 Å². The summed E-state index contributed by atoms with van der Waals surface area (Å²) in [6.45, 7) is 2.47. The Kier molecular flexibility index (Phi) is 4.83. The zero-order valence-electron chi connectivity index (χ0n) is 11.9. The van der Waals surface area contributed by atoms with Gasteiger partial charge in [0.1, 0.15) is 0 Å². The average Bonchev–Trinajstić information content (AvgIpc) is 3.00. The van der Waals surface area contributed by atoms with Gasteiger partial charge in [-0.05, 0) is 37.1 Å². The number of hydrogen-bond donors (Lipinski definition) is 2. The Morgan fingerprint density at radius 1 is 1.33 bits per heavy atom. The predicted molar refractivity (Wildman–Crippen MR) is 86.9 cm³/mol. The van der Waals surface area contributed by atoms with E-state index in [2.05, 4.69) is 10.3 Å². The summed E-state index contributed by atoms with van der Waals surface area (Å²) in [5.41, 5.74) is 1.78. The van der Waals surface area contributed by atoms with Crippen molar-refractivity contribution < 1.29 is 9.53 Å². The molecular formula is C16H20N2O2S. The molecule has 112 valence electrons. The van der Waals surface area contributed by atoms with Gasteiger partial charge in [0, 0.05) is 53.4 Å². The molecule has 1 amide bonds. The van der Waals surface area contributed by atoms with Crippen LogP contribution in [-0.2, 0) is 4.74 Å². The molecule has 1 aromatic carbocycles. The van der Waals surface area contributed by atoms with Crippen LogP contribution in [0, 0.1) is 0 Å². The number of aromatic nitrogens is 1. The second kappa shape index (κ2) is 7.00. The number of aromatic amines is 1. The Labute approximate surface area is 128 Å². The summed E-state index contributed by atoms with van der Waals surface area (Å²) in [6, 6.07) is 7.71. The Morgan fingerprint density at radius 2 is 2.19 bits per heavy atom. The molecule has 2 aromatic rings. The molecule has 0 atom stereocenters. The number of hydrogen-bond acceptors (Lipinski definition) is 3. The van der Waals surface area contributed by atoms with Crippen molar-refractivity contribution in [2.24, 2.45) is 0 Å². The predicted octanol–water partition coefficient (Wildman–Crippen LogP) is 2.81. The number of rotatable bonds is 5. The van der Waals surface area contributed by atoms with Crippen LogP contribution < -0.4 is 5.32 Å². The lowest BCUT2D eigenvalue weighted by molar-refractivity contribution is 0.0955. The van der Waals surface area contributed by atoms with E-state index in [0.29, 0.717) is 11.8 Å². The Bertz CT molecular complexity index is 605. The van der Waals surface area contributed by atoms with E-state index in [-0.39, 0.29) is 5.91 Å². The van der Waals surface area contributed by atoms with Gasteiger partial charge in [-0.15, -0.1) is 0 Å². The number of thioether (sulfide) groups is 1.